The van der Waals surface area contributed by atoms with Crippen LogP contribution in [0.3, 0.4) is 0 Å². The van der Waals surface area contributed by atoms with Crippen molar-refractivity contribution in [2.24, 2.45) is 23.1 Å². The summed E-state index contributed by atoms with van der Waals surface area (Å²) in [6, 6.07) is -0.854. The molecule has 1 aliphatic carbocycles. The Labute approximate surface area is 70.9 Å². The topological polar surface area (TPSA) is 115 Å². The van der Waals surface area contributed by atoms with Gasteiger partial charge in [-0.05, 0) is 12.8 Å². The van der Waals surface area contributed by atoms with Crippen LogP contribution in [-0.2, 0) is 4.79 Å². The molecule has 1 rings (SSSR count). The predicted octanol–water partition coefficient (Wildman–Crippen LogP) is -1.54. The molecule has 2 atom stereocenters. The molecule has 0 aliphatic heterocycles. The molecule has 0 aromatic carbocycles. The van der Waals surface area contributed by atoms with Crippen LogP contribution in [0.15, 0.2) is 0 Å². The van der Waals surface area contributed by atoms with Gasteiger partial charge in [0.1, 0.15) is 0 Å². The Morgan fingerprint density at radius 3 is 1.92 bits per heavy atom. The van der Waals surface area contributed by atoms with Gasteiger partial charge in [-0.15, -0.1) is 0 Å². The van der Waals surface area contributed by atoms with Crippen LogP contribution >= 0.6 is 0 Å². The SMILES string of the molecule is NC1CC(N)C(C(=O)O)C(N)C1. The van der Waals surface area contributed by atoms with E-state index in [1.165, 1.54) is 0 Å². The lowest BCUT2D eigenvalue weighted by Gasteiger charge is -2.34. The van der Waals surface area contributed by atoms with E-state index in [1.54, 1.807) is 0 Å². The van der Waals surface area contributed by atoms with Crippen molar-refractivity contribution < 1.29 is 9.90 Å². The first-order chi connectivity index (χ1) is 5.52. The molecule has 0 spiro atoms. The summed E-state index contributed by atoms with van der Waals surface area (Å²) < 4.78 is 0. The summed E-state index contributed by atoms with van der Waals surface area (Å²) in [4.78, 5) is 10.7. The molecule has 1 aliphatic rings. The lowest BCUT2D eigenvalue weighted by Crippen LogP contribution is -2.55. The Morgan fingerprint density at radius 1 is 1.17 bits per heavy atom. The van der Waals surface area contributed by atoms with E-state index < -0.39 is 24.0 Å². The maximum Gasteiger partial charge on any atom is 0.309 e. The third-order valence-corrected chi connectivity index (χ3v) is 2.36. The smallest absolute Gasteiger partial charge is 0.309 e. The summed E-state index contributed by atoms with van der Waals surface area (Å²) in [6.07, 6.45) is 1.09. The Kier molecular flexibility index (Phi) is 2.66. The van der Waals surface area contributed by atoms with E-state index in [-0.39, 0.29) is 6.04 Å². The fourth-order valence-electron chi connectivity index (χ4n) is 1.77. The normalized spacial score (nSPS) is 42.6. The number of carboxylic acid groups (broad SMARTS) is 1. The van der Waals surface area contributed by atoms with Crippen LogP contribution in [0.1, 0.15) is 12.8 Å². The van der Waals surface area contributed by atoms with Gasteiger partial charge in [0.05, 0.1) is 5.92 Å². The summed E-state index contributed by atoms with van der Waals surface area (Å²) in [5, 5.41) is 8.76. The van der Waals surface area contributed by atoms with E-state index >= 15 is 0 Å². The minimum absolute atomic E-state index is 0.0504. The number of aliphatic carboxylic acids is 1. The van der Waals surface area contributed by atoms with Gasteiger partial charge >= 0.3 is 5.97 Å². The van der Waals surface area contributed by atoms with Crippen LogP contribution < -0.4 is 17.2 Å². The predicted molar refractivity (Wildman–Crippen MR) is 44.3 cm³/mol. The van der Waals surface area contributed by atoms with Gasteiger partial charge in [0.2, 0.25) is 0 Å². The van der Waals surface area contributed by atoms with Gasteiger partial charge < -0.3 is 22.3 Å². The van der Waals surface area contributed by atoms with Crippen molar-refractivity contribution in [3.63, 3.8) is 0 Å². The first-order valence-electron chi connectivity index (χ1n) is 4.02. The molecule has 0 amide bonds. The zero-order valence-corrected chi connectivity index (χ0v) is 6.81. The number of carbonyl (C=O) groups is 1. The summed E-state index contributed by atoms with van der Waals surface area (Å²) in [5.74, 6) is -1.55. The number of hydrogen-bond donors (Lipinski definition) is 4. The highest BCUT2D eigenvalue weighted by atomic mass is 16.4. The Morgan fingerprint density at radius 2 is 1.58 bits per heavy atom. The molecule has 5 heteroatoms. The molecule has 12 heavy (non-hydrogen) atoms. The highest BCUT2D eigenvalue weighted by molar-refractivity contribution is 5.72. The highest BCUT2D eigenvalue weighted by Crippen LogP contribution is 2.21. The van der Waals surface area contributed by atoms with E-state index in [0.29, 0.717) is 12.8 Å². The minimum Gasteiger partial charge on any atom is -0.481 e. The Hall–Kier alpha value is -0.650. The first-order valence-corrected chi connectivity index (χ1v) is 4.02. The van der Waals surface area contributed by atoms with Gasteiger partial charge in [0.25, 0.3) is 0 Å². The second kappa shape index (κ2) is 3.38. The number of carboxylic acids is 1. The van der Waals surface area contributed by atoms with Crippen LogP contribution in [0, 0.1) is 5.92 Å². The van der Waals surface area contributed by atoms with Gasteiger partial charge in [-0.3, -0.25) is 4.79 Å². The molecule has 0 radical (unpaired) electrons. The number of nitrogens with two attached hydrogens (primary N) is 3. The molecular weight excluding hydrogens is 158 g/mol. The fourth-order valence-corrected chi connectivity index (χ4v) is 1.77. The third kappa shape index (κ3) is 1.74. The number of hydrogen-bond acceptors (Lipinski definition) is 4. The van der Waals surface area contributed by atoms with Gasteiger partial charge in [-0.1, -0.05) is 0 Å². The van der Waals surface area contributed by atoms with Crippen LogP contribution in [-0.4, -0.2) is 29.2 Å². The van der Waals surface area contributed by atoms with Gasteiger partial charge in [0, 0.05) is 18.1 Å². The molecule has 70 valence electrons. The molecule has 1 saturated carbocycles. The average Bonchev–Trinajstić information content (AvgIpc) is 1.82. The molecule has 0 aromatic rings. The van der Waals surface area contributed by atoms with Crippen LogP contribution in [0.2, 0.25) is 0 Å². The standard InChI is InChI=1S/C7H15N3O2/c8-3-1-4(9)6(7(11)12)5(10)2-3/h3-6H,1-2,8-10H2,(H,11,12). The monoisotopic (exact) mass is 173 g/mol. The van der Waals surface area contributed by atoms with E-state index in [2.05, 4.69) is 0 Å². The number of rotatable bonds is 1. The van der Waals surface area contributed by atoms with E-state index in [9.17, 15) is 4.79 Å². The molecule has 7 N–H and O–H groups in total. The zero-order chi connectivity index (χ0) is 9.30. The molecule has 0 aromatic heterocycles. The van der Waals surface area contributed by atoms with Crippen molar-refractivity contribution in [1.82, 2.24) is 0 Å². The van der Waals surface area contributed by atoms with Gasteiger partial charge in [-0.25, -0.2) is 0 Å². The minimum atomic E-state index is -0.915. The molecule has 0 heterocycles. The second-order valence-corrected chi connectivity index (χ2v) is 3.42. The van der Waals surface area contributed by atoms with E-state index in [1.807, 2.05) is 0 Å². The quantitative estimate of drug-likeness (QED) is 0.383. The molecule has 0 bridgehead atoms. The second-order valence-electron chi connectivity index (χ2n) is 3.42. The van der Waals surface area contributed by atoms with Crippen LogP contribution in [0.4, 0.5) is 0 Å². The fraction of sp³-hybridized carbons (Fsp3) is 0.857. The molecule has 2 unspecified atom stereocenters. The first kappa shape index (κ1) is 9.44. The van der Waals surface area contributed by atoms with Crippen molar-refractivity contribution >= 4 is 5.97 Å². The maximum absolute atomic E-state index is 10.7. The summed E-state index contributed by atoms with van der Waals surface area (Å²) in [5.41, 5.74) is 16.9. The molecule has 5 nitrogen and oxygen atoms in total. The summed E-state index contributed by atoms with van der Waals surface area (Å²) in [7, 11) is 0. The van der Waals surface area contributed by atoms with Crippen LogP contribution in [0.25, 0.3) is 0 Å². The van der Waals surface area contributed by atoms with E-state index in [4.69, 9.17) is 22.3 Å². The van der Waals surface area contributed by atoms with Crippen molar-refractivity contribution in [3.05, 3.63) is 0 Å². The zero-order valence-electron chi connectivity index (χ0n) is 6.81. The lowest BCUT2D eigenvalue weighted by molar-refractivity contribution is -0.144. The molecular formula is C7H15N3O2. The highest BCUT2D eigenvalue weighted by Gasteiger charge is 2.37. The van der Waals surface area contributed by atoms with Crippen molar-refractivity contribution in [1.29, 1.82) is 0 Å². The Bertz CT molecular complexity index is 173. The summed E-state index contributed by atoms with van der Waals surface area (Å²) >= 11 is 0. The van der Waals surface area contributed by atoms with Crippen molar-refractivity contribution in [2.75, 3.05) is 0 Å². The third-order valence-electron chi connectivity index (χ3n) is 2.36. The van der Waals surface area contributed by atoms with Crippen molar-refractivity contribution in [2.45, 2.75) is 31.0 Å². The largest absolute Gasteiger partial charge is 0.481 e. The maximum atomic E-state index is 10.7. The average molecular weight is 173 g/mol. The lowest BCUT2D eigenvalue weighted by atomic mass is 9.79. The van der Waals surface area contributed by atoms with Crippen molar-refractivity contribution in [3.8, 4) is 0 Å². The molecule has 0 saturated heterocycles. The van der Waals surface area contributed by atoms with Crippen LogP contribution in [0.5, 0.6) is 0 Å². The Balaban J connectivity index is 2.66. The van der Waals surface area contributed by atoms with E-state index in [0.717, 1.165) is 0 Å². The summed E-state index contributed by atoms with van der Waals surface area (Å²) in [6.45, 7) is 0. The van der Waals surface area contributed by atoms with Gasteiger partial charge in [-0.2, -0.15) is 0 Å². The van der Waals surface area contributed by atoms with Gasteiger partial charge in [0.15, 0.2) is 0 Å². The molecule has 1 fully saturated rings.